The molecule has 0 saturated carbocycles. The van der Waals surface area contributed by atoms with E-state index < -0.39 is 5.60 Å². The van der Waals surface area contributed by atoms with Crippen LogP contribution in [0.1, 0.15) is 16.7 Å². The highest BCUT2D eigenvalue weighted by Gasteiger charge is 2.39. The first-order valence-corrected chi connectivity index (χ1v) is 11.5. The Kier molecular flexibility index (Phi) is 4.83. The molecule has 6 rings (SSSR count). The Balaban J connectivity index is 1.79. The van der Waals surface area contributed by atoms with E-state index in [1.807, 2.05) is 66.7 Å². The molecular weight excluding hydrogens is 416 g/mol. The van der Waals surface area contributed by atoms with E-state index in [0.29, 0.717) is 5.75 Å². The summed E-state index contributed by atoms with van der Waals surface area (Å²) in [6.07, 6.45) is 0. The van der Waals surface area contributed by atoms with Gasteiger partial charge in [0.05, 0.1) is 7.11 Å². The molecule has 0 radical (unpaired) electrons. The SMILES string of the molecule is COc1cc2ccccc2cc1C(O)(c1cccc2ccccc12)c1cccc2ccccc12. The molecule has 0 unspecified atom stereocenters. The molecule has 0 aliphatic rings. The molecule has 164 valence electrons. The van der Waals surface area contributed by atoms with E-state index in [1.54, 1.807) is 7.11 Å². The number of rotatable bonds is 4. The lowest BCUT2D eigenvalue weighted by molar-refractivity contribution is 0.125. The lowest BCUT2D eigenvalue weighted by Crippen LogP contribution is -2.30. The minimum absolute atomic E-state index is 0.655. The quantitative estimate of drug-likeness (QED) is 0.289. The lowest BCUT2D eigenvalue weighted by Gasteiger charge is -2.33. The lowest BCUT2D eigenvalue weighted by atomic mass is 9.76. The van der Waals surface area contributed by atoms with E-state index in [2.05, 4.69) is 54.6 Å². The Morgan fingerprint density at radius 2 is 0.941 bits per heavy atom. The summed E-state index contributed by atoms with van der Waals surface area (Å²) in [5, 5.41) is 19.3. The monoisotopic (exact) mass is 440 g/mol. The molecule has 0 aliphatic carbocycles. The molecule has 0 spiro atoms. The average molecular weight is 441 g/mol. The Bertz CT molecular complexity index is 1580. The van der Waals surface area contributed by atoms with Crippen LogP contribution >= 0.6 is 0 Å². The number of hydrogen-bond acceptors (Lipinski definition) is 2. The van der Waals surface area contributed by atoms with Crippen molar-refractivity contribution in [1.82, 2.24) is 0 Å². The van der Waals surface area contributed by atoms with E-state index in [9.17, 15) is 5.11 Å². The molecule has 0 aliphatic heterocycles. The van der Waals surface area contributed by atoms with Gasteiger partial charge >= 0.3 is 0 Å². The summed E-state index contributed by atoms with van der Waals surface area (Å²) in [7, 11) is 1.67. The van der Waals surface area contributed by atoms with Crippen LogP contribution in [0.2, 0.25) is 0 Å². The fourth-order valence-corrected chi connectivity index (χ4v) is 5.19. The van der Waals surface area contributed by atoms with Crippen molar-refractivity contribution in [2.24, 2.45) is 0 Å². The van der Waals surface area contributed by atoms with Gasteiger partial charge in [0.2, 0.25) is 0 Å². The van der Waals surface area contributed by atoms with Gasteiger partial charge in [-0.15, -0.1) is 0 Å². The summed E-state index contributed by atoms with van der Waals surface area (Å²) in [5.41, 5.74) is 0.935. The Morgan fingerprint density at radius 3 is 1.47 bits per heavy atom. The fraction of sp³-hybridized carbons (Fsp3) is 0.0625. The molecule has 0 aromatic heterocycles. The van der Waals surface area contributed by atoms with E-state index in [-0.39, 0.29) is 0 Å². The van der Waals surface area contributed by atoms with Gasteiger partial charge in [0.15, 0.2) is 0 Å². The van der Waals surface area contributed by atoms with Crippen LogP contribution in [0.4, 0.5) is 0 Å². The van der Waals surface area contributed by atoms with E-state index in [0.717, 1.165) is 49.0 Å². The third kappa shape index (κ3) is 3.07. The van der Waals surface area contributed by atoms with Crippen molar-refractivity contribution in [2.45, 2.75) is 5.60 Å². The highest BCUT2D eigenvalue weighted by Crippen LogP contribution is 2.46. The van der Waals surface area contributed by atoms with Crippen LogP contribution in [0.3, 0.4) is 0 Å². The largest absolute Gasteiger partial charge is 0.496 e. The fourth-order valence-electron chi connectivity index (χ4n) is 5.19. The average Bonchev–Trinajstić information content (AvgIpc) is 2.91. The maximum atomic E-state index is 13.0. The molecule has 0 saturated heterocycles. The van der Waals surface area contributed by atoms with Gasteiger partial charge in [-0.2, -0.15) is 0 Å². The van der Waals surface area contributed by atoms with Gasteiger partial charge in [-0.1, -0.05) is 109 Å². The molecule has 0 bridgehead atoms. The Hall–Kier alpha value is -4.14. The van der Waals surface area contributed by atoms with Crippen LogP contribution < -0.4 is 4.74 Å². The zero-order valence-corrected chi connectivity index (χ0v) is 18.9. The maximum absolute atomic E-state index is 13.0. The smallest absolute Gasteiger partial charge is 0.145 e. The molecule has 1 N–H and O–H groups in total. The topological polar surface area (TPSA) is 29.5 Å². The number of ether oxygens (including phenoxy) is 1. The number of hydrogen-bond donors (Lipinski definition) is 1. The van der Waals surface area contributed by atoms with Crippen molar-refractivity contribution < 1.29 is 9.84 Å². The van der Waals surface area contributed by atoms with E-state index in [4.69, 9.17) is 4.74 Å². The van der Waals surface area contributed by atoms with Gasteiger partial charge in [-0.05, 0) is 44.5 Å². The van der Waals surface area contributed by atoms with Crippen LogP contribution in [-0.2, 0) is 5.60 Å². The standard InChI is InChI=1S/C32H24O2/c1-34-31-21-25-13-3-2-12-24(25)20-30(31)32(33,28-18-8-14-22-10-4-6-16-26(22)28)29-19-9-15-23-11-5-7-17-27(23)29/h2-21,33H,1H3. The van der Waals surface area contributed by atoms with Crippen molar-refractivity contribution in [2.75, 3.05) is 7.11 Å². The molecule has 34 heavy (non-hydrogen) atoms. The molecule has 6 aromatic carbocycles. The second kappa shape index (κ2) is 8.02. The highest BCUT2D eigenvalue weighted by atomic mass is 16.5. The summed E-state index contributed by atoms with van der Waals surface area (Å²) in [6.45, 7) is 0. The van der Waals surface area contributed by atoms with Crippen molar-refractivity contribution in [3.8, 4) is 5.75 Å². The number of benzene rings is 6. The zero-order valence-electron chi connectivity index (χ0n) is 18.9. The van der Waals surface area contributed by atoms with Crippen molar-refractivity contribution in [3.05, 3.63) is 138 Å². The molecule has 2 nitrogen and oxygen atoms in total. The normalized spacial score (nSPS) is 11.8. The van der Waals surface area contributed by atoms with E-state index >= 15 is 0 Å². The molecule has 0 heterocycles. The summed E-state index contributed by atoms with van der Waals surface area (Å²) in [5.74, 6) is 0.655. The number of methoxy groups -OCH3 is 1. The molecule has 0 fully saturated rings. The highest BCUT2D eigenvalue weighted by molar-refractivity contribution is 5.93. The van der Waals surface area contributed by atoms with Crippen LogP contribution in [0.5, 0.6) is 5.75 Å². The molecule has 0 amide bonds. The van der Waals surface area contributed by atoms with Crippen LogP contribution in [0.15, 0.2) is 121 Å². The third-order valence-corrected chi connectivity index (χ3v) is 6.82. The predicted octanol–water partition coefficient (Wildman–Crippen LogP) is 7.44. The Labute approximate surface area is 198 Å². The van der Waals surface area contributed by atoms with E-state index in [1.165, 1.54) is 0 Å². The molecular formula is C32H24O2. The first-order valence-electron chi connectivity index (χ1n) is 11.5. The van der Waals surface area contributed by atoms with Gasteiger partial charge in [-0.25, -0.2) is 0 Å². The van der Waals surface area contributed by atoms with Crippen LogP contribution in [0.25, 0.3) is 32.3 Å². The number of aliphatic hydroxyl groups is 1. The van der Waals surface area contributed by atoms with Gasteiger partial charge in [0.25, 0.3) is 0 Å². The minimum Gasteiger partial charge on any atom is -0.496 e. The maximum Gasteiger partial charge on any atom is 0.145 e. The zero-order chi connectivity index (χ0) is 23.1. The van der Waals surface area contributed by atoms with Gasteiger partial charge in [-0.3, -0.25) is 0 Å². The van der Waals surface area contributed by atoms with Gasteiger partial charge in [0.1, 0.15) is 11.4 Å². The van der Waals surface area contributed by atoms with Crippen molar-refractivity contribution in [3.63, 3.8) is 0 Å². The van der Waals surface area contributed by atoms with Crippen LogP contribution in [-0.4, -0.2) is 12.2 Å². The second-order valence-corrected chi connectivity index (χ2v) is 8.66. The van der Waals surface area contributed by atoms with Gasteiger partial charge < -0.3 is 9.84 Å². The molecule has 6 aromatic rings. The van der Waals surface area contributed by atoms with Crippen LogP contribution in [0, 0.1) is 0 Å². The first-order chi connectivity index (χ1) is 16.7. The number of fused-ring (bicyclic) bond motifs is 3. The summed E-state index contributed by atoms with van der Waals surface area (Å²) in [4.78, 5) is 0. The molecule has 0 atom stereocenters. The summed E-state index contributed by atoms with van der Waals surface area (Å²) >= 11 is 0. The van der Waals surface area contributed by atoms with Crippen molar-refractivity contribution in [1.29, 1.82) is 0 Å². The predicted molar refractivity (Wildman–Crippen MR) is 140 cm³/mol. The summed E-state index contributed by atoms with van der Waals surface area (Å²) in [6, 6.07) is 40.9. The third-order valence-electron chi connectivity index (χ3n) is 6.82. The first kappa shape index (κ1) is 20.5. The second-order valence-electron chi connectivity index (χ2n) is 8.66. The molecule has 2 heteroatoms. The van der Waals surface area contributed by atoms with Crippen molar-refractivity contribution >= 4 is 32.3 Å². The summed E-state index contributed by atoms with van der Waals surface area (Å²) < 4.78 is 5.91. The Morgan fingerprint density at radius 1 is 0.500 bits per heavy atom. The van der Waals surface area contributed by atoms with Gasteiger partial charge in [0, 0.05) is 16.7 Å². The minimum atomic E-state index is -1.45.